The van der Waals surface area contributed by atoms with Crippen LogP contribution in [0.5, 0.6) is 5.75 Å². The number of phenolic OH excluding ortho intramolecular Hbond substituents is 1. The number of aromatic hydroxyl groups is 1. The molecule has 6 nitrogen and oxygen atoms in total. The minimum Gasteiger partial charge on any atom is -0.505 e. The molecule has 0 saturated carbocycles. The van der Waals surface area contributed by atoms with Crippen molar-refractivity contribution < 1.29 is 14.3 Å². The molecule has 0 unspecified atom stereocenters. The van der Waals surface area contributed by atoms with Crippen molar-refractivity contribution in [2.75, 3.05) is 13.6 Å². The minimum absolute atomic E-state index is 0.0842. The van der Waals surface area contributed by atoms with E-state index in [-0.39, 0.29) is 23.7 Å². The molecule has 4 N–H and O–H groups in total. The summed E-state index contributed by atoms with van der Waals surface area (Å²) < 4.78 is 13.2. The Morgan fingerprint density at radius 1 is 1.32 bits per heavy atom. The van der Waals surface area contributed by atoms with Gasteiger partial charge in [-0.3, -0.25) is 9.79 Å². The Bertz CT molecular complexity index is 553. The van der Waals surface area contributed by atoms with E-state index in [0.717, 1.165) is 0 Å². The highest BCUT2D eigenvalue weighted by Gasteiger charge is 2.13. The molecule has 0 aliphatic rings. The number of nitrogens with one attached hydrogen (secondary N) is 3. The fraction of sp³-hybridized carbons (Fsp3) is 0.467. The maximum atomic E-state index is 13.2. The smallest absolute Gasteiger partial charge is 0.239 e. The highest BCUT2D eigenvalue weighted by molar-refractivity contribution is 5.86. The van der Waals surface area contributed by atoms with Crippen molar-refractivity contribution in [1.29, 1.82) is 0 Å². The van der Waals surface area contributed by atoms with Gasteiger partial charge in [-0.25, -0.2) is 4.39 Å². The number of hydrogen-bond acceptors (Lipinski definition) is 3. The summed E-state index contributed by atoms with van der Waals surface area (Å²) in [6.45, 7) is 6.10. The van der Waals surface area contributed by atoms with Crippen molar-refractivity contribution in [3.05, 3.63) is 29.6 Å². The van der Waals surface area contributed by atoms with E-state index < -0.39 is 5.82 Å². The van der Waals surface area contributed by atoms with Gasteiger partial charge in [-0.15, -0.1) is 0 Å². The molecule has 0 atom stereocenters. The van der Waals surface area contributed by atoms with Gasteiger partial charge in [-0.1, -0.05) is 6.07 Å². The molecular weight excluding hydrogens is 287 g/mol. The molecule has 0 fully saturated rings. The Labute approximate surface area is 129 Å². The molecule has 1 aromatic rings. The Kier molecular flexibility index (Phi) is 6.15. The summed E-state index contributed by atoms with van der Waals surface area (Å²) in [5.74, 6) is -0.777. The lowest BCUT2D eigenvalue weighted by Gasteiger charge is -2.21. The number of halogens is 1. The van der Waals surface area contributed by atoms with Gasteiger partial charge in [0.15, 0.2) is 17.5 Å². The van der Waals surface area contributed by atoms with Crippen molar-refractivity contribution in [3.63, 3.8) is 0 Å². The first-order valence-electron chi connectivity index (χ1n) is 6.94. The van der Waals surface area contributed by atoms with Crippen molar-refractivity contribution in [1.82, 2.24) is 16.0 Å². The molecule has 0 aliphatic carbocycles. The van der Waals surface area contributed by atoms with Crippen LogP contribution < -0.4 is 16.0 Å². The van der Waals surface area contributed by atoms with Gasteiger partial charge in [0.2, 0.25) is 5.91 Å². The Morgan fingerprint density at radius 2 is 2.00 bits per heavy atom. The number of aliphatic imine (C=N–C) groups is 1. The summed E-state index contributed by atoms with van der Waals surface area (Å²) in [4.78, 5) is 15.7. The van der Waals surface area contributed by atoms with Crippen molar-refractivity contribution in [3.8, 4) is 5.75 Å². The van der Waals surface area contributed by atoms with E-state index in [1.165, 1.54) is 12.1 Å². The first kappa shape index (κ1) is 17.7. The summed E-state index contributed by atoms with van der Waals surface area (Å²) >= 11 is 0. The van der Waals surface area contributed by atoms with Crippen LogP contribution in [0.2, 0.25) is 0 Å². The number of nitrogens with zero attached hydrogens (tertiary/aromatic N) is 1. The molecule has 0 saturated heterocycles. The van der Waals surface area contributed by atoms with Gasteiger partial charge in [-0.05, 0) is 38.5 Å². The zero-order valence-corrected chi connectivity index (χ0v) is 13.3. The van der Waals surface area contributed by atoms with Gasteiger partial charge in [0, 0.05) is 19.1 Å². The molecule has 1 rings (SSSR count). The van der Waals surface area contributed by atoms with E-state index in [4.69, 9.17) is 5.11 Å². The topological polar surface area (TPSA) is 85.8 Å². The number of rotatable bonds is 4. The van der Waals surface area contributed by atoms with Gasteiger partial charge < -0.3 is 21.1 Å². The van der Waals surface area contributed by atoms with Crippen LogP contribution in [0, 0.1) is 5.82 Å². The van der Waals surface area contributed by atoms with Crippen LogP contribution in [0.15, 0.2) is 23.2 Å². The average Bonchev–Trinajstić information content (AvgIpc) is 2.41. The van der Waals surface area contributed by atoms with Crippen LogP contribution in [0.4, 0.5) is 4.39 Å². The Hall–Kier alpha value is -2.31. The number of phenols is 1. The van der Waals surface area contributed by atoms with Gasteiger partial charge in [0.05, 0.1) is 6.54 Å². The van der Waals surface area contributed by atoms with E-state index in [2.05, 4.69) is 20.9 Å². The van der Waals surface area contributed by atoms with Crippen LogP contribution in [0.3, 0.4) is 0 Å². The second-order valence-corrected chi connectivity index (χ2v) is 5.86. The normalized spacial score (nSPS) is 12.0. The first-order valence-corrected chi connectivity index (χ1v) is 6.94. The summed E-state index contributed by atoms with van der Waals surface area (Å²) in [7, 11) is 1.58. The van der Waals surface area contributed by atoms with Gasteiger partial charge in [0.1, 0.15) is 0 Å². The zero-order chi connectivity index (χ0) is 16.8. The third-order valence-electron chi connectivity index (χ3n) is 2.63. The second kappa shape index (κ2) is 7.63. The van der Waals surface area contributed by atoms with Crippen LogP contribution in [-0.4, -0.2) is 36.1 Å². The number of guanidine groups is 1. The van der Waals surface area contributed by atoms with E-state index in [9.17, 15) is 9.18 Å². The third-order valence-corrected chi connectivity index (χ3v) is 2.63. The molecular formula is C15H23FN4O2. The van der Waals surface area contributed by atoms with Crippen LogP contribution in [-0.2, 0) is 11.3 Å². The SMILES string of the molecule is CN=C(NCC(=O)NC(C)(C)C)NCc1ccc(O)c(F)c1. The lowest BCUT2D eigenvalue weighted by atomic mass is 10.1. The zero-order valence-electron chi connectivity index (χ0n) is 13.3. The molecule has 0 radical (unpaired) electrons. The number of carbonyl (C=O) groups excluding carboxylic acids is 1. The summed E-state index contributed by atoms with van der Waals surface area (Å²) in [5, 5.41) is 17.8. The Morgan fingerprint density at radius 3 is 2.55 bits per heavy atom. The summed E-state index contributed by atoms with van der Waals surface area (Å²) in [6, 6.07) is 4.13. The lowest BCUT2D eigenvalue weighted by Crippen LogP contribution is -2.48. The van der Waals surface area contributed by atoms with E-state index in [1.54, 1.807) is 13.1 Å². The van der Waals surface area contributed by atoms with Crippen molar-refractivity contribution >= 4 is 11.9 Å². The van der Waals surface area contributed by atoms with Gasteiger partial charge in [0.25, 0.3) is 0 Å². The molecule has 1 aromatic carbocycles. The standard InChI is InChI=1S/C15H23FN4O2/c1-15(2,3)20-13(22)9-19-14(17-4)18-8-10-5-6-12(21)11(16)7-10/h5-7,21H,8-9H2,1-4H3,(H,20,22)(H2,17,18,19). The summed E-state index contributed by atoms with van der Waals surface area (Å²) in [5.41, 5.74) is 0.358. The van der Waals surface area contributed by atoms with Gasteiger partial charge >= 0.3 is 0 Å². The monoisotopic (exact) mass is 310 g/mol. The van der Waals surface area contributed by atoms with Gasteiger partial charge in [-0.2, -0.15) is 0 Å². The van der Waals surface area contributed by atoms with Crippen molar-refractivity contribution in [2.45, 2.75) is 32.9 Å². The molecule has 0 spiro atoms. The third kappa shape index (κ3) is 6.43. The quantitative estimate of drug-likeness (QED) is 0.496. The summed E-state index contributed by atoms with van der Waals surface area (Å²) in [6.07, 6.45) is 0. The molecule has 22 heavy (non-hydrogen) atoms. The fourth-order valence-electron chi connectivity index (χ4n) is 1.69. The maximum Gasteiger partial charge on any atom is 0.239 e. The molecule has 0 aliphatic heterocycles. The van der Waals surface area contributed by atoms with Crippen LogP contribution in [0.25, 0.3) is 0 Å². The molecule has 7 heteroatoms. The molecule has 0 aromatic heterocycles. The number of amides is 1. The molecule has 0 bridgehead atoms. The van der Waals surface area contributed by atoms with E-state index in [0.29, 0.717) is 18.1 Å². The van der Waals surface area contributed by atoms with Crippen molar-refractivity contribution in [2.24, 2.45) is 4.99 Å². The van der Waals surface area contributed by atoms with E-state index in [1.807, 2.05) is 20.8 Å². The maximum absolute atomic E-state index is 13.2. The van der Waals surface area contributed by atoms with Crippen LogP contribution >= 0.6 is 0 Å². The predicted octanol–water partition coefficient (Wildman–Crippen LogP) is 1.11. The average molecular weight is 310 g/mol. The fourth-order valence-corrected chi connectivity index (χ4v) is 1.69. The number of hydrogen-bond donors (Lipinski definition) is 4. The first-order chi connectivity index (χ1) is 10.2. The van der Waals surface area contributed by atoms with Crippen LogP contribution in [0.1, 0.15) is 26.3 Å². The van der Waals surface area contributed by atoms with E-state index >= 15 is 0 Å². The largest absolute Gasteiger partial charge is 0.505 e. The lowest BCUT2D eigenvalue weighted by molar-refractivity contribution is -0.121. The Balaban J connectivity index is 2.46. The number of carbonyl (C=O) groups is 1. The number of benzene rings is 1. The molecule has 0 heterocycles. The highest BCUT2D eigenvalue weighted by atomic mass is 19.1. The second-order valence-electron chi connectivity index (χ2n) is 5.86. The minimum atomic E-state index is -0.674. The highest BCUT2D eigenvalue weighted by Crippen LogP contribution is 2.15. The molecule has 122 valence electrons. The molecule has 1 amide bonds. The predicted molar refractivity (Wildman–Crippen MR) is 84.2 cm³/mol.